The standard InChI is InChI=1S/C13H14N2O2S/c1-15(2)18(16,17)13-6-5-11-4-3-8-14-9-7-12(11)10-13/h3-10H,1-2H3/b4-3-,8-3?,9-7-,11-4?,12-7?,14-8-,14-9?. The van der Waals surface area contributed by atoms with E-state index in [1.165, 1.54) is 18.4 Å². The van der Waals surface area contributed by atoms with E-state index >= 15 is 0 Å². The van der Waals surface area contributed by atoms with Gasteiger partial charge in [0, 0.05) is 26.5 Å². The van der Waals surface area contributed by atoms with Gasteiger partial charge >= 0.3 is 0 Å². The summed E-state index contributed by atoms with van der Waals surface area (Å²) in [6, 6.07) is 5.07. The van der Waals surface area contributed by atoms with E-state index in [0.29, 0.717) is 0 Å². The Morgan fingerprint density at radius 3 is 2.61 bits per heavy atom. The molecule has 1 aliphatic rings. The first kappa shape index (κ1) is 12.7. The van der Waals surface area contributed by atoms with Crippen LogP contribution in [0.1, 0.15) is 11.1 Å². The minimum absolute atomic E-state index is 0.286. The number of fused-ring (bicyclic) bond motifs is 1. The van der Waals surface area contributed by atoms with Crippen LogP contribution in [0.15, 0.2) is 40.4 Å². The van der Waals surface area contributed by atoms with Gasteiger partial charge in [0.25, 0.3) is 0 Å². The predicted octanol–water partition coefficient (Wildman–Crippen LogP) is 2.01. The molecule has 94 valence electrons. The first-order valence-electron chi connectivity index (χ1n) is 5.45. The molecular formula is C13H14N2O2S. The molecule has 1 aliphatic heterocycles. The molecule has 0 fully saturated rings. The Bertz CT molecular complexity index is 641. The van der Waals surface area contributed by atoms with Crippen LogP contribution in [-0.4, -0.2) is 33.0 Å². The van der Waals surface area contributed by atoms with Gasteiger partial charge in [-0.15, -0.1) is 0 Å². The van der Waals surface area contributed by atoms with Crippen molar-refractivity contribution in [3.8, 4) is 0 Å². The van der Waals surface area contributed by atoms with Crippen LogP contribution < -0.4 is 0 Å². The molecule has 0 unspecified atom stereocenters. The second kappa shape index (κ2) is 4.88. The van der Waals surface area contributed by atoms with Crippen LogP contribution in [0, 0.1) is 0 Å². The molecule has 18 heavy (non-hydrogen) atoms. The first-order chi connectivity index (χ1) is 8.51. The molecule has 2 rings (SSSR count). The van der Waals surface area contributed by atoms with Gasteiger partial charge in [0.2, 0.25) is 10.0 Å². The Hall–Kier alpha value is -1.72. The Kier molecular flexibility index (Phi) is 3.45. The summed E-state index contributed by atoms with van der Waals surface area (Å²) in [6.45, 7) is 0. The van der Waals surface area contributed by atoms with Crippen LogP contribution in [0.5, 0.6) is 0 Å². The van der Waals surface area contributed by atoms with Crippen LogP contribution in [0.25, 0.3) is 12.2 Å². The summed E-state index contributed by atoms with van der Waals surface area (Å²) in [4.78, 5) is 4.29. The number of hydrogen-bond donors (Lipinski definition) is 0. The maximum Gasteiger partial charge on any atom is 0.242 e. The lowest BCUT2D eigenvalue weighted by Gasteiger charge is -2.13. The topological polar surface area (TPSA) is 49.7 Å². The molecule has 0 saturated carbocycles. The van der Waals surface area contributed by atoms with Crippen molar-refractivity contribution < 1.29 is 8.42 Å². The third kappa shape index (κ3) is 2.42. The van der Waals surface area contributed by atoms with E-state index in [9.17, 15) is 8.42 Å². The Morgan fingerprint density at radius 2 is 1.89 bits per heavy atom. The highest BCUT2D eigenvalue weighted by Crippen LogP contribution is 2.21. The highest BCUT2D eigenvalue weighted by atomic mass is 32.2. The van der Waals surface area contributed by atoms with E-state index in [4.69, 9.17) is 0 Å². The Labute approximate surface area is 107 Å². The molecule has 0 atom stereocenters. The summed E-state index contributed by atoms with van der Waals surface area (Å²) in [5.74, 6) is 0. The summed E-state index contributed by atoms with van der Waals surface area (Å²) in [7, 11) is -0.355. The van der Waals surface area contributed by atoms with E-state index in [-0.39, 0.29) is 4.90 Å². The van der Waals surface area contributed by atoms with Crippen molar-refractivity contribution in [1.29, 1.82) is 0 Å². The largest absolute Gasteiger partial charge is 0.265 e. The van der Waals surface area contributed by atoms with Crippen LogP contribution >= 0.6 is 0 Å². The number of allylic oxidation sites excluding steroid dienone is 1. The van der Waals surface area contributed by atoms with Crippen molar-refractivity contribution in [3.63, 3.8) is 0 Å². The zero-order valence-electron chi connectivity index (χ0n) is 10.2. The molecule has 1 aromatic rings. The van der Waals surface area contributed by atoms with Gasteiger partial charge < -0.3 is 0 Å². The lowest BCUT2D eigenvalue weighted by molar-refractivity contribution is 0.520. The second-order valence-electron chi connectivity index (χ2n) is 4.05. The lowest BCUT2D eigenvalue weighted by Crippen LogP contribution is -2.22. The highest BCUT2D eigenvalue weighted by Gasteiger charge is 2.17. The first-order valence-corrected chi connectivity index (χ1v) is 6.89. The third-order valence-corrected chi connectivity index (χ3v) is 4.44. The molecular weight excluding hydrogens is 248 g/mol. The number of rotatable bonds is 2. The van der Waals surface area contributed by atoms with Gasteiger partial charge in [-0.05, 0) is 35.4 Å². The summed E-state index contributed by atoms with van der Waals surface area (Å²) < 4.78 is 25.3. The average molecular weight is 262 g/mol. The molecule has 0 aliphatic carbocycles. The summed E-state index contributed by atoms with van der Waals surface area (Å²) >= 11 is 0. The van der Waals surface area contributed by atoms with E-state index in [2.05, 4.69) is 4.99 Å². The second-order valence-corrected chi connectivity index (χ2v) is 6.20. The molecule has 4 nitrogen and oxygen atoms in total. The minimum Gasteiger partial charge on any atom is -0.265 e. The van der Waals surface area contributed by atoms with Crippen molar-refractivity contribution in [2.75, 3.05) is 14.1 Å². The number of aliphatic imine (C=N–C) groups is 1. The van der Waals surface area contributed by atoms with Crippen molar-refractivity contribution in [1.82, 2.24) is 4.31 Å². The number of sulfonamides is 1. The van der Waals surface area contributed by atoms with E-state index < -0.39 is 10.0 Å². The monoisotopic (exact) mass is 262 g/mol. The third-order valence-electron chi connectivity index (χ3n) is 2.62. The zero-order chi connectivity index (χ0) is 13.2. The zero-order valence-corrected chi connectivity index (χ0v) is 11.1. The Morgan fingerprint density at radius 1 is 1.11 bits per heavy atom. The van der Waals surface area contributed by atoms with E-state index in [0.717, 1.165) is 11.1 Å². The molecule has 5 heteroatoms. The fraction of sp³-hybridized carbons (Fsp3) is 0.154. The van der Waals surface area contributed by atoms with Crippen LogP contribution in [-0.2, 0) is 10.0 Å². The van der Waals surface area contributed by atoms with Gasteiger partial charge in [0.1, 0.15) is 0 Å². The highest BCUT2D eigenvalue weighted by molar-refractivity contribution is 7.89. The minimum atomic E-state index is -3.39. The summed E-state index contributed by atoms with van der Waals surface area (Å²) in [5, 5.41) is 0. The molecule has 0 N–H and O–H groups in total. The smallest absolute Gasteiger partial charge is 0.242 e. The fourth-order valence-corrected chi connectivity index (χ4v) is 2.53. The van der Waals surface area contributed by atoms with Gasteiger partial charge in [0.05, 0.1) is 4.90 Å². The molecule has 0 aromatic heterocycles. The molecule has 0 amide bonds. The van der Waals surface area contributed by atoms with Gasteiger partial charge in [-0.25, -0.2) is 12.7 Å². The fourth-order valence-electron chi connectivity index (χ4n) is 1.59. The van der Waals surface area contributed by atoms with Crippen molar-refractivity contribution >= 4 is 28.4 Å². The van der Waals surface area contributed by atoms with Gasteiger partial charge in [-0.3, -0.25) is 4.99 Å². The maximum atomic E-state index is 12.0. The number of hydrogen-bond acceptors (Lipinski definition) is 3. The molecule has 0 saturated heterocycles. The van der Waals surface area contributed by atoms with Crippen LogP contribution in [0.2, 0.25) is 0 Å². The number of nitrogens with zero attached hydrogens (tertiary/aromatic N) is 2. The van der Waals surface area contributed by atoms with Crippen LogP contribution in [0.3, 0.4) is 0 Å². The molecule has 0 bridgehead atoms. The van der Waals surface area contributed by atoms with Crippen molar-refractivity contribution in [3.05, 3.63) is 41.6 Å². The molecule has 0 spiro atoms. The van der Waals surface area contributed by atoms with Gasteiger partial charge in [0.15, 0.2) is 0 Å². The Balaban J connectivity index is 2.55. The quantitative estimate of drug-likeness (QED) is 0.818. The predicted molar refractivity (Wildman–Crippen MR) is 73.9 cm³/mol. The van der Waals surface area contributed by atoms with Crippen LogP contribution in [0.4, 0.5) is 0 Å². The SMILES string of the molecule is CN(C)S(=O)(=O)c1ccc2c(c1)\C=C/N=C\C=C/2. The van der Waals surface area contributed by atoms with E-state index in [1.54, 1.807) is 36.7 Å². The van der Waals surface area contributed by atoms with Crippen molar-refractivity contribution in [2.45, 2.75) is 4.90 Å². The maximum absolute atomic E-state index is 12.0. The van der Waals surface area contributed by atoms with Crippen molar-refractivity contribution in [2.24, 2.45) is 4.99 Å². The molecule has 1 aromatic carbocycles. The molecule has 1 heterocycles. The van der Waals surface area contributed by atoms with E-state index in [1.807, 2.05) is 12.2 Å². The normalized spacial score (nSPS) is 19.7. The lowest BCUT2D eigenvalue weighted by atomic mass is 10.1. The number of benzene rings is 1. The van der Waals surface area contributed by atoms with Gasteiger partial charge in [-0.1, -0.05) is 12.1 Å². The average Bonchev–Trinajstić information content (AvgIpc) is 2.29. The molecule has 0 radical (unpaired) electrons. The van der Waals surface area contributed by atoms with Gasteiger partial charge in [-0.2, -0.15) is 0 Å². The summed E-state index contributed by atoms with van der Waals surface area (Å²) in [6.07, 6.45) is 8.85. The summed E-state index contributed by atoms with van der Waals surface area (Å²) in [5.41, 5.74) is 1.81.